The lowest BCUT2D eigenvalue weighted by Crippen LogP contribution is -2.34. The quantitative estimate of drug-likeness (QED) is 0.746. The van der Waals surface area contributed by atoms with Crippen molar-refractivity contribution in [1.82, 2.24) is 4.98 Å². The molecule has 2 N–H and O–H groups in total. The summed E-state index contributed by atoms with van der Waals surface area (Å²) in [7, 11) is 0. The Kier molecular flexibility index (Phi) is 5.11. The second-order valence-electron chi connectivity index (χ2n) is 5.53. The molecule has 0 spiro atoms. The molecule has 1 aliphatic rings. The van der Waals surface area contributed by atoms with Crippen LogP contribution in [-0.4, -0.2) is 22.0 Å². The molecule has 124 valence electrons. The highest BCUT2D eigenvalue weighted by molar-refractivity contribution is 9.10. The van der Waals surface area contributed by atoms with Crippen molar-refractivity contribution in [1.29, 1.82) is 0 Å². The van der Waals surface area contributed by atoms with Gasteiger partial charge in [-0.15, -0.1) is 11.3 Å². The molecule has 1 aromatic carbocycles. The van der Waals surface area contributed by atoms with E-state index in [9.17, 15) is 14.7 Å². The Morgan fingerprint density at radius 3 is 2.50 bits per heavy atom. The molecule has 3 rings (SSSR count). The van der Waals surface area contributed by atoms with E-state index in [1.54, 1.807) is 0 Å². The summed E-state index contributed by atoms with van der Waals surface area (Å²) in [5.41, 5.74) is 1.74. The van der Waals surface area contributed by atoms with E-state index in [-0.39, 0.29) is 5.91 Å². The molecule has 2 aromatic rings. The highest BCUT2D eigenvalue weighted by Crippen LogP contribution is 2.29. The van der Waals surface area contributed by atoms with Crippen molar-refractivity contribution in [2.45, 2.75) is 12.8 Å². The normalized spacial score (nSPS) is 19.9. The topological polar surface area (TPSA) is 79.3 Å². The molecule has 24 heavy (non-hydrogen) atoms. The third-order valence-electron chi connectivity index (χ3n) is 3.96. The number of carbonyl (C=O) groups excluding carboxylic acids is 1. The molecular formula is C17H15BrN2O3S. The van der Waals surface area contributed by atoms with Gasteiger partial charge in [-0.3, -0.25) is 9.59 Å². The minimum absolute atomic E-state index is 0.288. The summed E-state index contributed by atoms with van der Waals surface area (Å²) < 4.78 is 0.986. The van der Waals surface area contributed by atoms with Crippen LogP contribution < -0.4 is 5.32 Å². The van der Waals surface area contributed by atoms with Crippen LogP contribution in [0.25, 0.3) is 11.3 Å². The third kappa shape index (κ3) is 3.73. The largest absolute Gasteiger partial charge is 0.481 e. The SMILES string of the molecule is O=C(O)C1CC=CCC1C(=O)Nc1nc(-c2ccc(Br)cc2)cs1. The second-order valence-corrected chi connectivity index (χ2v) is 7.30. The molecule has 1 amide bonds. The molecule has 0 radical (unpaired) electrons. The van der Waals surface area contributed by atoms with Crippen LogP contribution in [0.3, 0.4) is 0 Å². The Morgan fingerprint density at radius 1 is 1.17 bits per heavy atom. The number of nitrogens with zero attached hydrogens (tertiary/aromatic N) is 1. The zero-order valence-electron chi connectivity index (χ0n) is 12.6. The molecular weight excluding hydrogens is 392 g/mol. The van der Waals surface area contributed by atoms with Crippen LogP contribution in [0, 0.1) is 11.8 Å². The first-order valence-corrected chi connectivity index (χ1v) is 9.12. The van der Waals surface area contributed by atoms with Gasteiger partial charge in [0.1, 0.15) is 0 Å². The number of carbonyl (C=O) groups is 2. The number of aromatic nitrogens is 1. The number of nitrogens with one attached hydrogen (secondary N) is 1. The highest BCUT2D eigenvalue weighted by Gasteiger charge is 2.34. The number of hydrogen-bond donors (Lipinski definition) is 2. The number of hydrogen-bond acceptors (Lipinski definition) is 4. The van der Waals surface area contributed by atoms with Crippen LogP contribution in [0.5, 0.6) is 0 Å². The van der Waals surface area contributed by atoms with Gasteiger partial charge in [0.15, 0.2) is 5.13 Å². The van der Waals surface area contributed by atoms with Crippen LogP contribution in [0.15, 0.2) is 46.3 Å². The van der Waals surface area contributed by atoms with E-state index in [1.807, 2.05) is 41.8 Å². The molecule has 1 heterocycles. The Hall–Kier alpha value is -1.99. The number of anilines is 1. The maximum atomic E-state index is 12.4. The van der Waals surface area contributed by atoms with Gasteiger partial charge in [0.25, 0.3) is 0 Å². The van der Waals surface area contributed by atoms with Crippen molar-refractivity contribution in [2.75, 3.05) is 5.32 Å². The molecule has 0 fully saturated rings. The van der Waals surface area contributed by atoms with Crippen LogP contribution in [0.1, 0.15) is 12.8 Å². The van der Waals surface area contributed by atoms with Gasteiger partial charge >= 0.3 is 5.97 Å². The minimum Gasteiger partial charge on any atom is -0.481 e. The summed E-state index contributed by atoms with van der Waals surface area (Å²) in [6, 6.07) is 7.74. The summed E-state index contributed by atoms with van der Waals surface area (Å²) in [5.74, 6) is -2.47. The number of amides is 1. The maximum Gasteiger partial charge on any atom is 0.307 e. The summed E-state index contributed by atoms with van der Waals surface area (Å²) in [4.78, 5) is 28.2. The molecule has 0 aliphatic heterocycles. The lowest BCUT2D eigenvalue weighted by Gasteiger charge is -2.23. The van der Waals surface area contributed by atoms with E-state index in [4.69, 9.17) is 0 Å². The van der Waals surface area contributed by atoms with Crippen molar-refractivity contribution in [3.05, 3.63) is 46.3 Å². The number of carboxylic acid groups (broad SMARTS) is 1. The van der Waals surface area contributed by atoms with Gasteiger partial charge in [0.2, 0.25) is 5.91 Å². The van der Waals surface area contributed by atoms with E-state index in [2.05, 4.69) is 26.2 Å². The van der Waals surface area contributed by atoms with Crippen molar-refractivity contribution < 1.29 is 14.7 Å². The highest BCUT2D eigenvalue weighted by atomic mass is 79.9. The summed E-state index contributed by atoms with van der Waals surface area (Å²) in [6.07, 6.45) is 4.50. The van der Waals surface area contributed by atoms with Crippen LogP contribution in [-0.2, 0) is 9.59 Å². The number of thiazole rings is 1. The number of allylic oxidation sites excluding steroid dienone is 2. The van der Waals surface area contributed by atoms with Crippen LogP contribution in [0.2, 0.25) is 0 Å². The molecule has 2 unspecified atom stereocenters. The number of benzene rings is 1. The first-order valence-electron chi connectivity index (χ1n) is 7.44. The van der Waals surface area contributed by atoms with Gasteiger partial charge in [-0.1, -0.05) is 40.2 Å². The van der Waals surface area contributed by atoms with E-state index in [1.165, 1.54) is 11.3 Å². The first kappa shape index (κ1) is 16.9. The van der Waals surface area contributed by atoms with E-state index < -0.39 is 17.8 Å². The summed E-state index contributed by atoms with van der Waals surface area (Å²) in [5, 5.41) is 14.4. The zero-order valence-corrected chi connectivity index (χ0v) is 15.0. The number of rotatable bonds is 4. The average molecular weight is 407 g/mol. The minimum atomic E-state index is -0.936. The predicted molar refractivity (Wildman–Crippen MR) is 96.9 cm³/mol. The molecule has 0 saturated heterocycles. The Morgan fingerprint density at radius 2 is 1.83 bits per heavy atom. The number of carboxylic acids is 1. The van der Waals surface area contributed by atoms with Crippen molar-refractivity contribution in [3.8, 4) is 11.3 Å². The molecule has 0 bridgehead atoms. The summed E-state index contributed by atoms with van der Waals surface area (Å²) >= 11 is 4.72. The predicted octanol–water partition coefficient (Wildman–Crippen LogP) is 4.18. The fourth-order valence-electron chi connectivity index (χ4n) is 2.66. The van der Waals surface area contributed by atoms with E-state index in [0.717, 1.165) is 15.7 Å². The van der Waals surface area contributed by atoms with Gasteiger partial charge in [-0.2, -0.15) is 0 Å². The monoisotopic (exact) mass is 406 g/mol. The standard InChI is InChI=1S/C17H15BrN2O3S/c18-11-7-5-10(6-8-11)14-9-24-17(19-14)20-15(21)12-3-1-2-4-13(12)16(22)23/h1-2,5-9,12-13H,3-4H2,(H,22,23)(H,19,20,21). The molecule has 1 aliphatic carbocycles. The average Bonchev–Trinajstić information content (AvgIpc) is 3.04. The molecule has 2 atom stereocenters. The fourth-order valence-corrected chi connectivity index (χ4v) is 3.65. The Balaban J connectivity index is 1.72. The molecule has 1 aromatic heterocycles. The van der Waals surface area contributed by atoms with Gasteiger partial charge in [-0.25, -0.2) is 4.98 Å². The Labute approximate surface area is 151 Å². The second kappa shape index (κ2) is 7.27. The maximum absolute atomic E-state index is 12.4. The van der Waals surface area contributed by atoms with Crippen molar-refractivity contribution in [2.24, 2.45) is 11.8 Å². The Bertz CT molecular complexity index is 785. The zero-order chi connectivity index (χ0) is 17.1. The first-order chi connectivity index (χ1) is 11.5. The van der Waals surface area contributed by atoms with E-state index in [0.29, 0.717) is 18.0 Å². The van der Waals surface area contributed by atoms with Crippen molar-refractivity contribution in [3.63, 3.8) is 0 Å². The smallest absolute Gasteiger partial charge is 0.307 e. The fraction of sp³-hybridized carbons (Fsp3) is 0.235. The van der Waals surface area contributed by atoms with Gasteiger partial charge < -0.3 is 10.4 Å². The molecule has 7 heteroatoms. The molecule has 5 nitrogen and oxygen atoms in total. The lowest BCUT2D eigenvalue weighted by atomic mass is 9.82. The number of halogens is 1. The van der Waals surface area contributed by atoms with E-state index >= 15 is 0 Å². The number of aliphatic carboxylic acids is 1. The summed E-state index contributed by atoms with van der Waals surface area (Å²) in [6.45, 7) is 0. The van der Waals surface area contributed by atoms with Gasteiger partial charge in [0, 0.05) is 15.4 Å². The lowest BCUT2D eigenvalue weighted by molar-refractivity contribution is -0.146. The van der Waals surface area contributed by atoms with Gasteiger partial charge in [0.05, 0.1) is 17.5 Å². The van der Waals surface area contributed by atoms with Crippen LogP contribution in [0.4, 0.5) is 5.13 Å². The molecule has 0 saturated carbocycles. The van der Waals surface area contributed by atoms with Crippen LogP contribution >= 0.6 is 27.3 Å². The van der Waals surface area contributed by atoms with Gasteiger partial charge in [-0.05, 0) is 25.0 Å². The third-order valence-corrected chi connectivity index (χ3v) is 5.25. The van der Waals surface area contributed by atoms with Crippen molar-refractivity contribution >= 4 is 44.3 Å².